The number of pyridine rings is 1. The molecule has 18 heteroatoms. The van der Waals surface area contributed by atoms with Gasteiger partial charge in [-0.1, -0.05) is 18.2 Å². The van der Waals surface area contributed by atoms with Gasteiger partial charge in [0.15, 0.2) is 0 Å². The second-order valence-electron chi connectivity index (χ2n) is 17.7. The van der Waals surface area contributed by atoms with Crippen LogP contribution in [0.25, 0.3) is 0 Å². The van der Waals surface area contributed by atoms with Crippen LogP contribution < -0.4 is 31.1 Å². The number of hydrogen-bond donors (Lipinski definition) is 5. The summed E-state index contributed by atoms with van der Waals surface area (Å²) >= 11 is 0. The number of aromatic nitrogens is 3. The third-order valence-electron chi connectivity index (χ3n) is 13.0. The smallest absolute Gasteiger partial charge is 0.264 e. The van der Waals surface area contributed by atoms with Crippen molar-refractivity contribution in [3.63, 3.8) is 0 Å². The van der Waals surface area contributed by atoms with Gasteiger partial charge >= 0.3 is 0 Å². The zero-order chi connectivity index (χ0) is 45.4. The van der Waals surface area contributed by atoms with Crippen LogP contribution in [0, 0.1) is 0 Å². The molecule has 338 valence electrons. The maximum Gasteiger partial charge on any atom is 0.264 e. The summed E-state index contributed by atoms with van der Waals surface area (Å²) in [5, 5.41) is 21.9. The molecular weight excluding hydrogens is 829 g/mol. The minimum atomic E-state index is -1.15. The number of nitrogens with zero attached hydrogens (tertiary/aromatic N) is 8. The lowest BCUT2D eigenvalue weighted by Crippen LogP contribution is -2.62. The Morgan fingerprint density at radius 2 is 1.57 bits per heavy atom. The summed E-state index contributed by atoms with van der Waals surface area (Å²) in [4.78, 5) is 88.6. The largest absolute Gasteiger partial charge is 0.384 e. The number of carbonyl (C=O) groups is 5. The molecule has 4 aromatic rings. The number of imide groups is 2. The fourth-order valence-electron chi connectivity index (χ4n) is 9.42. The molecule has 4 saturated heterocycles. The number of anilines is 6. The summed E-state index contributed by atoms with van der Waals surface area (Å²) in [6, 6.07) is 18.6. The first-order valence-electron chi connectivity index (χ1n) is 22.3. The highest BCUT2D eigenvalue weighted by molar-refractivity contribution is 6.25. The molecule has 5 aliphatic rings. The number of aliphatic hydroxyl groups is 1. The average molecular weight is 883 g/mol. The predicted molar refractivity (Wildman–Crippen MR) is 245 cm³/mol. The van der Waals surface area contributed by atoms with Crippen LogP contribution >= 0.6 is 0 Å². The van der Waals surface area contributed by atoms with Gasteiger partial charge in [-0.3, -0.25) is 44.0 Å². The van der Waals surface area contributed by atoms with E-state index in [0.29, 0.717) is 40.7 Å². The standard InChI is InChI=1S/C47H54N12O6/c1-4-19-48-42(61)34-26-49-46(54-41(34)52-38-10-6-9-37(51-38)47(2,3)65)50-29-11-13-30(14-12-29)56-22-24-57(25-23-56)31-17-20-55(21-18-31)32-27-58(28-32)35-8-5-7-33-40(35)45(64)59(44(33)63)36-15-16-39(60)53-43(36)62/h4-14,26,31-32,36,65H,1,15-25,27-28H2,2-3H3,(H,48,61)(H,53,60,62)(H2,49,50,51,52,54). The molecule has 7 heterocycles. The number of carbonyl (C=O) groups excluding carboxylic acids is 5. The first-order valence-corrected chi connectivity index (χ1v) is 22.3. The topological polar surface area (TPSA) is 209 Å². The third-order valence-corrected chi connectivity index (χ3v) is 13.0. The van der Waals surface area contributed by atoms with Crippen LogP contribution in [0.5, 0.6) is 0 Å². The number of likely N-dealkylation sites (tertiary alicyclic amines) is 1. The van der Waals surface area contributed by atoms with E-state index in [2.05, 4.69) is 74.5 Å². The number of nitrogens with one attached hydrogen (secondary N) is 4. The van der Waals surface area contributed by atoms with Gasteiger partial charge in [0.25, 0.3) is 17.7 Å². The van der Waals surface area contributed by atoms with E-state index in [1.165, 1.54) is 6.20 Å². The van der Waals surface area contributed by atoms with Crippen molar-refractivity contribution < 1.29 is 29.1 Å². The Balaban J connectivity index is 0.753. The van der Waals surface area contributed by atoms with Crippen molar-refractivity contribution in [2.24, 2.45) is 0 Å². The van der Waals surface area contributed by atoms with Crippen LogP contribution in [0.2, 0.25) is 0 Å². The summed E-state index contributed by atoms with van der Waals surface area (Å²) in [6.45, 7) is 14.6. The highest BCUT2D eigenvalue weighted by Gasteiger charge is 2.47. The Labute approximate surface area is 377 Å². The number of hydrogen-bond acceptors (Lipinski definition) is 15. The van der Waals surface area contributed by atoms with E-state index in [0.717, 1.165) is 87.2 Å². The maximum atomic E-state index is 13.6. The Kier molecular flexibility index (Phi) is 12.1. The monoisotopic (exact) mass is 882 g/mol. The fourth-order valence-corrected chi connectivity index (χ4v) is 9.42. The van der Waals surface area contributed by atoms with Gasteiger partial charge in [-0.2, -0.15) is 4.98 Å². The van der Waals surface area contributed by atoms with Gasteiger partial charge in [-0.15, -0.1) is 6.58 Å². The second kappa shape index (κ2) is 18.0. The van der Waals surface area contributed by atoms with Crippen LogP contribution in [0.3, 0.4) is 0 Å². The SMILES string of the molecule is C=CCNC(=O)c1cnc(Nc2ccc(N3CCN(C4CCN(C5CN(c6cccc7c6C(=O)N(C6CCC(=O)NC6=O)C7=O)C5)CC4)CC3)cc2)nc1Nc1cccc(C(C)(C)O)n1. The van der Waals surface area contributed by atoms with Gasteiger partial charge in [0.2, 0.25) is 17.8 Å². The molecule has 5 amide bonds. The normalized spacial score (nSPS) is 20.0. The molecule has 0 saturated carbocycles. The number of amides is 5. The Morgan fingerprint density at radius 3 is 2.28 bits per heavy atom. The molecule has 0 spiro atoms. The molecule has 65 heavy (non-hydrogen) atoms. The molecule has 5 N–H and O–H groups in total. The van der Waals surface area contributed by atoms with Gasteiger partial charge in [0, 0.05) is 95.0 Å². The van der Waals surface area contributed by atoms with E-state index in [1.54, 1.807) is 50.3 Å². The van der Waals surface area contributed by atoms with E-state index < -0.39 is 35.3 Å². The van der Waals surface area contributed by atoms with Crippen LogP contribution in [-0.2, 0) is 15.2 Å². The lowest BCUT2D eigenvalue weighted by atomic mass is 9.96. The van der Waals surface area contributed by atoms with Crippen molar-refractivity contribution >= 4 is 64.2 Å². The van der Waals surface area contributed by atoms with Gasteiger partial charge in [0.1, 0.15) is 28.8 Å². The molecule has 1 unspecified atom stereocenters. The minimum Gasteiger partial charge on any atom is -0.384 e. The van der Waals surface area contributed by atoms with Crippen molar-refractivity contribution in [1.82, 2.24) is 40.3 Å². The van der Waals surface area contributed by atoms with Crippen LogP contribution in [0.15, 0.2) is 79.5 Å². The molecule has 5 aliphatic heterocycles. The minimum absolute atomic E-state index is 0.0884. The van der Waals surface area contributed by atoms with Crippen molar-refractivity contribution in [3.05, 3.63) is 102 Å². The first kappa shape index (κ1) is 43.5. The van der Waals surface area contributed by atoms with E-state index in [9.17, 15) is 29.1 Å². The van der Waals surface area contributed by atoms with Gasteiger partial charge in [-0.05, 0) is 81.6 Å². The molecular formula is C47H54N12O6. The lowest BCUT2D eigenvalue weighted by molar-refractivity contribution is -0.136. The summed E-state index contributed by atoms with van der Waals surface area (Å²) in [7, 11) is 0. The van der Waals surface area contributed by atoms with Crippen LogP contribution in [0.4, 0.5) is 34.6 Å². The van der Waals surface area contributed by atoms with E-state index in [1.807, 2.05) is 18.2 Å². The van der Waals surface area contributed by atoms with E-state index in [4.69, 9.17) is 0 Å². The van der Waals surface area contributed by atoms with Gasteiger partial charge in [-0.25, -0.2) is 9.97 Å². The fraction of sp³-hybridized carbons (Fsp3) is 0.404. The molecule has 0 radical (unpaired) electrons. The van der Waals surface area contributed by atoms with Gasteiger partial charge < -0.3 is 30.9 Å². The molecule has 1 atom stereocenters. The zero-order valence-electron chi connectivity index (χ0n) is 36.6. The number of rotatable bonds is 13. The van der Waals surface area contributed by atoms with Gasteiger partial charge in [0.05, 0.1) is 22.5 Å². The van der Waals surface area contributed by atoms with E-state index >= 15 is 0 Å². The van der Waals surface area contributed by atoms with Crippen molar-refractivity contribution in [1.29, 1.82) is 0 Å². The first-order chi connectivity index (χ1) is 31.3. The molecule has 0 aliphatic carbocycles. The number of benzene rings is 2. The number of piperidine rings is 2. The molecule has 2 aromatic heterocycles. The van der Waals surface area contributed by atoms with Crippen molar-refractivity contribution in [2.75, 3.05) is 79.3 Å². The quantitative estimate of drug-likeness (QED) is 0.0964. The summed E-state index contributed by atoms with van der Waals surface area (Å²) < 4.78 is 0. The van der Waals surface area contributed by atoms with Crippen LogP contribution in [0.1, 0.15) is 76.3 Å². The van der Waals surface area contributed by atoms with Crippen molar-refractivity contribution in [2.45, 2.75) is 63.3 Å². The van der Waals surface area contributed by atoms with Crippen LogP contribution in [-0.4, -0.2) is 141 Å². The predicted octanol–water partition coefficient (Wildman–Crippen LogP) is 3.38. The van der Waals surface area contributed by atoms with Crippen molar-refractivity contribution in [3.8, 4) is 0 Å². The Hall–Kier alpha value is -6.76. The molecule has 4 fully saturated rings. The number of fused-ring (bicyclic) bond motifs is 1. The Morgan fingerprint density at radius 1 is 0.846 bits per heavy atom. The zero-order valence-corrected chi connectivity index (χ0v) is 36.6. The highest BCUT2D eigenvalue weighted by Crippen LogP contribution is 2.37. The summed E-state index contributed by atoms with van der Waals surface area (Å²) in [6.07, 6.45) is 5.46. The Bertz CT molecular complexity index is 2510. The number of piperazine rings is 1. The third kappa shape index (κ3) is 9.01. The molecule has 9 rings (SSSR count). The summed E-state index contributed by atoms with van der Waals surface area (Å²) in [5.74, 6) is -1.35. The second-order valence-corrected chi connectivity index (χ2v) is 17.7. The summed E-state index contributed by atoms with van der Waals surface area (Å²) in [5.41, 5.74) is 2.85. The van der Waals surface area contributed by atoms with E-state index in [-0.39, 0.29) is 36.7 Å². The lowest BCUT2D eigenvalue weighted by Gasteiger charge is -2.50. The average Bonchev–Trinajstić information content (AvgIpc) is 3.54. The maximum absolute atomic E-state index is 13.6. The molecule has 2 aromatic carbocycles. The highest BCUT2D eigenvalue weighted by atomic mass is 16.3. The molecule has 0 bridgehead atoms. The molecule has 18 nitrogen and oxygen atoms in total.